The molecule has 2 aliphatic heterocycles. The number of sulfonamides is 1. The maximum atomic E-state index is 13.0. The molecule has 1 aromatic rings. The summed E-state index contributed by atoms with van der Waals surface area (Å²) < 4.78 is 27.6. The van der Waals surface area contributed by atoms with E-state index in [2.05, 4.69) is 5.32 Å². The summed E-state index contributed by atoms with van der Waals surface area (Å²) in [7, 11) is -1.60. The van der Waals surface area contributed by atoms with Crippen LogP contribution in [0.15, 0.2) is 23.1 Å². The van der Waals surface area contributed by atoms with E-state index in [0.717, 1.165) is 32.1 Å². The fourth-order valence-corrected chi connectivity index (χ4v) is 5.58. The number of rotatable bonds is 4. The van der Waals surface area contributed by atoms with Crippen molar-refractivity contribution in [2.75, 3.05) is 33.2 Å². The molecule has 0 bridgehead atoms. The molecule has 6 nitrogen and oxygen atoms in total. The van der Waals surface area contributed by atoms with Gasteiger partial charge in [0, 0.05) is 37.8 Å². The van der Waals surface area contributed by atoms with Crippen molar-refractivity contribution in [1.29, 1.82) is 0 Å². The van der Waals surface area contributed by atoms with E-state index in [9.17, 15) is 13.2 Å². The van der Waals surface area contributed by atoms with Crippen molar-refractivity contribution in [3.05, 3.63) is 29.3 Å². The van der Waals surface area contributed by atoms with Gasteiger partial charge in [-0.15, -0.1) is 0 Å². The number of piperidine rings is 2. The molecule has 0 atom stereocenters. The molecule has 1 N–H and O–H groups in total. The van der Waals surface area contributed by atoms with Crippen molar-refractivity contribution in [3.8, 4) is 0 Å². The number of carbonyl (C=O) groups is 1. The molecule has 26 heavy (non-hydrogen) atoms. The second-order valence-electron chi connectivity index (χ2n) is 7.30. The molecule has 0 aromatic heterocycles. The van der Waals surface area contributed by atoms with Crippen molar-refractivity contribution in [1.82, 2.24) is 14.5 Å². The van der Waals surface area contributed by atoms with E-state index >= 15 is 0 Å². The quantitative estimate of drug-likeness (QED) is 0.869. The molecule has 0 radical (unpaired) electrons. The van der Waals surface area contributed by atoms with Crippen molar-refractivity contribution < 1.29 is 13.2 Å². The van der Waals surface area contributed by atoms with E-state index in [-0.39, 0.29) is 10.8 Å². The molecule has 0 saturated carbocycles. The highest BCUT2D eigenvalue weighted by Gasteiger charge is 2.29. The number of benzene rings is 1. The van der Waals surface area contributed by atoms with Gasteiger partial charge < -0.3 is 10.2 Å². The van der Waals surface area contributed by atoms with Crippen molar-refractivity contribution >= 4 is 15.9 Å². The second-order valence-corrected chi connectivity index (χ2v) is 9.21. The molecular formula is C19H29N3O3S. The van der Waals surface area contributed by atoms with Crippen LogP contribution in [0.5, 0.6) is 0 Å². The van der Waals surface area contributed by atoms with Crippen LogP contribution < -0.4 is 5.32 Å². The van der Waals surface area contributed by atoms with Gasteiger partial charge in [0.25, 0.3) is 5.91 Å². The highest BCUT2D eigenvalue weighted by atomic mass is 32.2. The minimum Gasteiger partial charge on any atom is -0.339 e. The molecule has 1 aromatic carbocycles. The summed E-state index contributed by atoms with van der Waals surface area (Å²) in [4.78, 5) is 15.0. The zero-order chi connectivity index (χ0) is 18.7. The van der Waals surface area contributed by atoms with E-state index in [1.165, 1.54) is 0 Å². The van der Waals surface area contributed by atoms with Gasteiger partial charge in [-0.3, -0.25) is 4.79 Å². The molecule has 2 fully saturated rings. The standard InChI is InChI=1S/C19H29N3O3S/c1-15-6-7-16(19(23)21-12-8-17(20-2)9-13-21)14-18(15)26(24,25)22-10-4-3-5-11-22/h6-7,14,17,20H,3-5,8-13H2,1-2H3. The Bertz CT molecular complexity index is 749. The van der Waals surface area contributed by atoms with Gasteiger partial charge in [0.05, 0.1) is 4.90 Å². The van der Waals surface area contributed by atoms with Gasteiger partial charge in [-0.2, -0.15) is 4.31 Å². The molecule has 0 aliphatic carbocycles. The molecule has 0 unspecified atom stereocenters. The topological polar surface area (TPSA) is 69.7 Å². The Morgan fingerprint density at radius 1 is 1.08 bits per heavy atom. The summed E-state index contributed by atoms with van der Waals surface area (Å²) in [5.74, 6) is -0.0744. The fraction of sp³-hybridized carbons (Fsp3) is 0.632. The van der Waals surface area contributed by atoms with Crippen LogP contribution in [0.1, 0.15) is 48.0 Å². The first-order valence-corrected chi connectivity index (χ1v) is 10.9. The first-order valence-electron chi connectivity index (χ1n) is 9.51. The predicted molar refractivity (Wildman–Crippen MR) is 102 cm³/mol. The normalized spacial score (nSPS) is 20.3. The van der Waals surface area contributed by atoms with E-state index in [1.54, 1.807) is 29.4 Å². The number of aryl methyl sites for hydroxylation is 1. The van der Waals surface area contributed by atoms with E-state index < -0.39 is 10.0 Å². The number of hydrogen-bond acceptors (Lipinski definition) is 4. The second kappa shape index (κ2) is 8.06. The number of likely N-dealkylation sites (tertiary alicyclic amines) is 1. The highest BCUT2D eigenvalue weighted by molar-refractivity contribution is 7.89. The lowest BCUT2D eigenvalue weighted by atomic mass is 10.0. The Hall–Kier alpha value is -1.44. The third-order valence-corrected chi connectivity index (χ3v) is 7.60. The number of amides is 1. The molecule has 144 valence electrons. The summed E-state index contributed by atoms with van der Waals surface area (Å²) in [6.07, 6.45) is 4.72. The van der Waals surface area contributed by atoms with Gasteiger partial charge in [0.2, 0.25) is 10.0 Å². The minimum absolute atomic E-state index is 0.0744. The first kappa shape index (κ1) is 19.3. The molecule has 3 rings (SSSR count). The summed E-state index contributed by atoms with van der Waals surface area (Å²) >= 11 is 0. The number of nitrogens with one attached hydrogen (secondary N) is 1. The Labute approximate surface area is 156 Å². The lowest BCUT2D eigenvalue weighted by Crippen LogP contribution is -2.44. The monoisotopic (exact) mass is 379 g/mol. The average molecular weight is 380 g/mol. The first-order chi connectivity index (χ1) is 12.4. The van der Waals surface area contributed by atoms with Crippen LogP contribution in [-0.4, -0.2) is 62.8 Å². The largest absolute Gasteiger partial charge is 0.339 e. The van der Waals surface area contributed by atoms with Crippen LogP contribution in [0, 0.1) is 6.92 Å². The van der Waals surface area contributed by atoms with E-state index in [1.807, 2.05) is 11.9 Å². The van der Waals surface area contributed by atoms with Gasteiger partial charge in [-0.25, -0.2) is 8.42 Å². The molecular weight excluding hydrogens is 350 g/mol. The number of hydrogen-bond donors (Lipinski definition) is 1. The summed E-state index contributed by atoms with van der Waals surface area (Å²) in [5, 5.41) is 3.25. The predicted octanol–water partition coefficient (Wildman–Crippen LogP) is 1.99. The van der Waals surface area contributed by atoms with Crippen LogP contribution in [0.3, 0.4) is 0 Å². The summed E-state index contributed by atoms with van der Waals surface area (Å²) in [5.41, 5.74) is 1.16. The Morgan fingerprint density at radius 3 is 2.35 bits per heavy atom. The molecule has 1 amide bonds. The van der Waals surface area contributed by atoms with Gasteiger partial charge in [0.15, 0.2) is 0 Å². The Kier molecular flexibility index (Phi) is 5.99. The maximum Gasteiger partial charge on any atom is 0.253 e. The van der Waals surface area contributed by atoms with Crippen molar-refractivity contribution in [3.63, 3.8) is 0 Å². The zero-order valence-electron chi connectivity index (χ0n) is 15.7. The molecule has 2 aliphatic rings. The molecule has 7 heteroatoms. The summed E-state index contributed by atoms with van der Waals surface area (Å²) in [6, 6.07) is 5.53. The van der Waals surface area contributed by atoms with Crippen LogP contribution in [-0.2, 0) is 10.0 Å². The van der Waals surface area contributed by atoms with Gasteiger partial charge >= 0.3 is 0 Å². The van der Waals surface area contributed by atoms with Crippen molar-refractivity contribution in [2.45, 2.75) is 50.0 Å². The van der Waals surface area contributed by atoms with Gasteiger partial charge in [0.1, 0.15) is 0 Å². The SMILES string of the molecule is CNC1CCN(C(=O)c2ccc(C)c(S(=O)(=O)N3CCCCC3)c2)CC1. The summed E-state index contributed by atoms with van der Waals surface area (Å²) in [6.45, 7) is 4.33. The lowest BCUT2D eigenvalue weighted by Gasteiger charge is -2.32. The average Bonchev–Trinajstić information content (AvgIpc) is 2.68. The van der Waals surface area contributed by atoms with Crippen LogP contribution >= 0.6 is 0 Å². The van der Waals surface area contributed by atoms with Crippen molar-refractivity contribution in [2.24, 2.45) is 0 Å². The third-order valence-electron chi connectivity index (χ3n) is 5.56. The fourth-order valence-electron chi connectivity index (χ4n) is 3.81. The maximum absolute atomic E-state index is 13.0. The zero-order valence-corrected chi connectivity index (χ0v) is 16.5. The molecule has 2 saturated heterocycles. The third kappa shape index (κ3) is 3.94. The van der Waals surface area contributed by atoms with Crippen LogP contribution in [0.25, 0.3) is 0 Å². The van der Waals surface area contributed by atoms with E-state index in [0.29, 0.717) is 43.3 Å². The number of carbonyl (C=O) groups excluding carboxylic acids is 1. The van der Waals surface area contributed by atoms with Gasteiger partial charge in [-0.1, -0.05) is 12.5 Å². The number of nitrogens with zero attached hydrogens (tertiary/aromatic N) is 2. The Morgan fingerprint density at radius 2 is 1.73 bits per heavy atom. The highest BCUT2D eigenvalue weighted by Crippen LogP contribution is 2.25. The minimum atomic E-state index is -3.54. The molecule has 2 heterocycles. The van der Waals surface area contributed by atoms with E-state index in [4.69, 9.17) is 0 Å². The van der Waals surface area contributed by atoms with Gasteiger partial charge in [-0.05, 0) is 57.4 Å². The smallest absolute Gasteiger partial charge is 0.253 e. The van der Waals surface area contributed by atoms with Crippen LogP contribution in [0.2, 0.25) is 0 Å². The van der Waals surface area contributed by atoms with Crippen LogP contribution in [0.4, 0.5) is 0 Å². The Balaban J connectivity index is 1.82. The molecule has 0 spiro atoms. The lowest BCUT2D eigenvalue weighted by molar-refractivity contribution is 0.0707.